The largest absolute Gasteiger partial charge is 0.508 e. The van der Waals surface area contributed by atoms with Gasteiger partial charge in [0.15, 0.2) is 11.5 Å². The number of carbonyl (C=O) groups excluding carboxylic acids is 1. The highest BCUT2D eigenvalue weighted by molar-refractivity contribution is 5.96. The van der Waals surface area contributed by atoms with Crippen molar-refractivity contribution >= 4 is 11.7 Å². The number of phenolic OH excluding ortho intramolecular Hbond substituents is 1. The monoisotopic (exact) mass is 339 g/mol. The number of oxazole rings is 1. The summed E-state index contributed by atoms with van der Waals surface area (Å²) in [5, 5.41) is 12.5. The summed E-state index contributed by atoms with van der Waals surface area (Å²) in [6.07, 6.45) is 2.91. The molecule has 0 aliphatic rings. The first kappa shape index (κ1) is 16.4. The highest BCUT2D eigenvalue weighted by Crippen LogP contribution is 2.21. The smallest absolute Gasteiger partial charge is 0.274 e. The van der Waals surface area contributed by atoms with Crippen LogP contribution in [0, 0.1) is 13.8 Å². The minimum Gasteiger partial charge on any atom is -0.508 e. The molecule has 8 nitrogen and oxygen atoms in total. The lowest BCUT2D eigenvalue weighted by Gasteiger charge is -2.10. The van der Waals surface area contributed by atoms with Crippen molar-refractivity contribution in [2.24, 2.45) is 0 Å². The van der Waals surface area contributed by atoms with E-state index in [0.29, 0.717) is 17.0 Å². The number of carbonyl (C=O) groups is 1. The number of nitrogens with zero attached hydrogens (tertiary/aromatic N) is 3. The number of anilines is 1. The van der Waals surface area contributed by atoms with Crippen molar-refractivity contribution in [3.8, 4) is 17.3 Å². The Kier molecular flexibility index (Phi) is 4.34. The Hall–Kier alpha value is -3.42. The van der Waals surface area contributed by atoms with Crippen LogP contribution in [0.25, 0.3) is 11.6 Å². The molecular weight excluding hydrogens is 322 g/mol. The van der Waals surface area contributed by atoms with Crippen molar-refractivity contribution < 1.29 is 14.3 Å². The number of phenols is 1. The van der Waals surface area contributed by atoms with Crippen molar-refractivity contribution in [1.29, 1.82) is 0 Å². The van der Waals surface area contributed by atoms with Gasteiger partial charge < -0.3 is 20.6 Å². The van der Waals surface area contributed by atoms with Gasteiger partial charge in [-0.25, -0.2) is 15.0 Å². The van der Waals surface area contributed by atoms with Gasteiger partial charge >= 0.3 is 0 Å². The van der Waals surface area contributed by atoms with Crippen LogP contribution in [0.5, 0.6) is 5.75 Å². The normalized spacial score (nSPS) is 10.6. The van der Waals surface area contributed by atoms with Crippen LogP contribution in [-0.4, -0.2) is 26.0 Å². The molecule has 0 spiro atoms. The number of aromatic nitrogens is 3. The molecule has 0 aliphatic carbocycles. The molecule has 3 aromatic rings. The molecule has 8 heteroatoms. The number of hydrogen-bond acceptors (Lipinski definition) is 7. The molecule has 1 amide bonds. The summed E-state index contributed by atoms with van der Waals surface area (Å²) in [5.74, 6) is -0.105. The molecule has 4 N–H and O–H groups in total. The number of hydrogen-bond donors (Lipinski definition) is 3. The summed E-state index contributed by atoms with van der Waals surface area (Å²) in [4.78, 5) is 24.8. The minimum absolute atomic E-state index is 0.0138. The maximum Gasteiger partial charge on any atom is 0.274 e. The van der Waals surface area contributed by atoms with Crippen LogP contribution in [0.3, 0.4) is 0 Å². The van der Waals surface area contributed by atoms with Crippen LogP contribution in [0.15, 0.2) is 35.1 Å². The van der Waals surface area contributed by atoms with E-state index in [1.54, 1.807) is 25.1 Å². The van der Waals surface area contributed by atoms with Gasteiger partial charge in [-0.3, -0.25) is 4.79 Å². The van der Waals surface area contributed by atoms with Gasteiger partial charge in [-0.1, -0.05) is 17.7 Å². The second-order valence-corrected chi connectivity index (χ2v) is 5.54. The molecule has 0 radical (unpaired) electrons. The van der Waals surface area contributed by atoms with Crippen molar-refractivity contribution in [2.45, 2.75) is 20.4 Å². The molecule has 0 bridgehead atoms. The van der Waals surface area contributed by atoms with Gasteiger partial charge in [-0.05, 0) is 19.9 Å². The summed E-state index contributed by atoms with van der Waals surface area (Å²) < 4.78 is 5.19. The topological polar surface area (TPSA) is 127 Å². The van der Waals surface area contributed by atoms with Crippen molar-refractivity contribution in [2.75, 3.05) is 5.73 Å². The van der Waals surface area contributed by atoms with E-state index >= 15 is 0 Å². The van der Waals surface area contributed by atoms with Gasteiger partial charge in [0.1, 0.15) is 17.7 Å². The van der Waals surface area contributed by atoms with Gasteiger partial charge in [-0.2, -0.15) is 0 Å². The standard InChI is InChI=1S/C17H17N5O3/c1-9-3-4-12(23)11(7-9)8-20-16(24)14-15(18)22-13(10(2)21-14)17-19-5-6-25-17/h3-7,23H,8H2,1-2H3,(H2,18,22)(H,20,24). The number of nitrogen functional groups attached to an aromatic ring is 1. The van der Waals surface area contributed by atoms with Crippen LogP contribution in [0.1, 0.15) is 27.3 Å². The number of benzene rings is 1. The number of amides is 1. The Bertz CT molecular complexity index is 922. The number of aromatic hydroxyl groups is 1. The van der Waals surface area contributed by atoms with E-state index in [-0.39, 0.29) is 29.7 Å². The SMILES string of the molecule is Cc1ccc(O)c(CNC(=O)c2nc(C)c(-c3ncco3)nc2N)c1. The summed E-state index contributed by atoms with van der Waals surface area (Å²) in [6.45, 7) is 3.74. The highest BCUT2D eigenvalue weighted by Gasteiger charge is 2.18. The maximum absolute atomic E-state index is 12.4. The summed E-state index contributed by atoms with van der Waals surface area (Å²) in [7, 11) is 0. The third-order valence-corrected chi connectivity index (χ3v) is 3.62. The molecule has 128 valence electrons. The number of aryl methyl sites for hydroxylation is 2. The second-order valence-electron chi connectivity index (χ2n) is 5.54. The van der Waals surface area contributed by atoms with Crippen molar-refractivity contribution in [3.63, 3.8) is 0 Å². The van der Waals surface area contributed by atoms with E-state index in [9.17, 15) is 9.90 Å². The number of rotatable bonds is 4. The third-order valence-electron chi connectivity index (χ3n) is 3.62. The lowest BCUT2D eigenvalue weighted by molar-refractivity contribution is 0.0946. The van der Waals surface area contributed by atoms with Crippen LogP contribution in [0.2, 0.25) is 0 Å². The Labute approximate surface area is 143 Å². The predicted octanol–water partition coefficient (Wildman–Crippen LogP) is 1.97. The Morgan fingerprint density at radius 2 is 2.12 bits per heavy atom. The van der Waals surface area contributed by atoms with E-state index in [1.165, 1.54) is 12.5 Å². The van der Waals surface area contributed by atoms with Gasteiger partial charge in [0.2, 0.25) is 5.89 Å². The van der Waals surface area contributed by atoms with E-state index in [4.69, 9.17) is 10.2 Å². The lowest BCUT2D eigenvalue weighted by atomic mass is 10.1. The maximum atomic E-state index is 12.4. The zero-order valence-electron chi connectivity index (χ0n) is 13.8. The molecule has 0 saturated heterocycles. The molecule has 0 atom stereocenters. The fourth-order valence-corrected chi connectivity index (χ4v) is 2.36. The second kappa shape index (κ2) is 6.60. The molecule has 2 aromatic heterocycles. The number of nitrogens with two attached hydrogens (primary N) is 1. The zero-order chi connectivity index (χ0) is 18.0. The average Bonchev–Trinajstić information content (AvgIpc) is 3.11. The molecule has 0 saturated carbocycles. The molecule has 3 rings (SSSR count). The van der Waals surface area contributed by atoms with Crippen molar-refractivity contribution in [1.82, 2.24) is 20.3 Å². The predicted molar refractivity (Wildman–Crippen MR) is 90.7 cm³/mol. The van der Waals surface area contributed by atoms with Gasteiger partial charge in [0.25, 0.3) is 5.91 Å². The molecule has 1 aromatic carbocycles. The fraction of sp³-hybridized carbons (Fsp3) is 0.176. The quantitative estimate of drug-likeness (QED) is 0.663. The van der Waals surface area contributed by atoms with E-state index in [2.05, 4.69) is 20.3 Å². The summed E-state index contributed by atoms with van der Waals surface area (Å²) in [6, 6.07) is 5.16. The molecule has 0 aliphatic heterocycles. The van der Waals surface area contributed by atoms with Crippen LogP contribution in [-0.2, 0) is 6.54 Å². The Balaban J connectivity index is 1.80. The fourth-order valence-electron chi connectivity index (χ4n) is 2.36. The average molecular weight is 339 g/mol. The molecule has 25 heavy (non-hydrogen) atoms. The first-order chi connectivity index (χ1) is 12.0. The molecule has 0 unspecified atom stereocenters. The van der Waals surface area contributed by atoms with Crippen molar-refractivity contribution in [3.05, 3.63) is 53.2 Å². The van der Waals surface area contributed by atoms with Crippen LogP contribution < -0.4 is 11.1 Å². The molecular formula is C17H17N5O3. The third kappa shape index (κ3) is 3.42. The van der Waals surface area contributed by atoms with E-state index in [0.717, 1.165) is 5.56 Å². The van der Waals surface area contributed by atoms with Gasteiger partial charge in [-0.15, -0.1) is 0 Å². The van der Waals surface area contributed by atoms with E-state index in [1.807, 2.05) is 6.92 Å². The Morgan fingerprint density at radius 1 is 1.32 bits per heavy atom. The minimum atomic E-state index is -0.479. The first-order valence-electron chi connectivity index (χ1n) is 7.56. The van der Waals surface area contributed by atoms with Gasteiger partial charge in [0.05, 0.1) is 11.9 Å². The van der Waals surface area contributed by atoms with Crippen LogP contribution >= 0.6 is 0 Å². The Morgan fingerprint density at radius 3 is 2.84 bits per heavy atom. The van der Waals surface area contributed by atoms with Crippen LogP contribution in [0.4, 0.5) is 5.82 Å². The first-order valence-corrected chi connectivity index (χ1v) is 7.56. The van der Waals surface area contributed by atoms with E-state index < -0.39 is 5.91 Å². The lowest BCUT2D eigenvalue weighted by Crippen LogP contribution is -2.26. The van der Waals surface area contributed by atoms with Gasteiger partial charge in [0, 0.05) is 12.1 Å². The molecule has 0 fully saturated rings. The number of nitrogens with one attached hydrogen (secondary N) is 1. The highest BCUT2D eigenvalue weighted by atomic mass is 16.3. The molecule has 2 heterocycles. The summed E-state index contributed by atoms with van der Waals surface area (Å²) in [5.41, 5.74) is 8.32. The summed E-state index contributed by atoms with van der Waals surface area (Å²) >= 11 is 0. The zero-order valence-corrected chi connectivity index (χ0v) is 13.8.